The van der Waals surface area contributed by atoms with Crippen LogP contribution in [0.15, 0.2) is 85.1 Å². The monoisotopic (exact) mass is 873 g/mol. The van der Waals surface area contributed by atoms with Crippen molar-refractivity contribution in [2.24, 2.45) is 0 Å². The lowest BCUT2D eigenvalue weighted by atomic mass is 10.0. The van der Waals surface area contributed by atoms with Crippen LogP contribution in [0.2, 0.25) is 0 Å². The van der Waals surface area contributed by atoms with Gasteiger partial charge in [-0.2, -0.15) is 0 Å². The molecule has 0 aliphatic carbocycles. The van der Waals surface area contributed by atoms with Gasteiger partial charge in [-0.15, -0.1) is 0 Å². The quantitative estimate of drug-likeness (QED) is 0.0273. The zero-order valence-corrected chi connectivity index (χ0v) is 40.7. The number of likely N-dealkylation sites (N-methyl/N-ethyl adjacent to an activating group) is 1. The van der Waals surface area contributed by atoms with E-state index in [2.05, 4.69) is 104 Å². The van der Waals surface area contributed by atoms with Crippen molar-refractivity contribution in [3.8, 4) is 0 Å². The largest absolute Gasteiger partial charge is 0.756 e. The molecule has 0 saturated heterocycles. The number of nitrogens with one attached hydrogen (secondary N) is 1. The van der Waals surface area contributed by atoms with E-state index in [4.69, 9.17) is 9.05 Å². The number of carbonyl (C=O) groups is 1. The summed E-state index contributed by atoms with van der Waals surface area (Å²) < 4.78 is 23.3. The van der Waals surface area contributed by atoms with Crippen molar-refractivity contribution in [3.63, 3.8) is 0 Å². The van der Waals surface area contributed by atoms with Crippen molar-refractivity contribution in [1.82, 2.24) is 5.32 Å². The van der Waals surface area contributed by atoms with Gasteiger partial charge in [0.1, 0.15) is 13.2 Å². The second-order valence-corrected chi connectivity index (χ2v) is 18.8. The molecule has 0 spiro atoms. The second kappa shape index (κ2) is 43.0. The number of nitrogens with zero attached hydrogens (tertiary/aromatic N) is 1. The topological polar surface area (TPSA) is 108 Å². The predicted octanol–water partition coefficient (Wildman–Crippen LogP) is 13.5. The maximum absolute atomic E-state index is 12.9. The number of unbranched alkanes of at least 4 members (excludes halogenated alkanes) is 16. The van der Waals surface area contributed by atoms with E-state index in [1.54, 1.807) is 0 Å². The van der Waals surface area contributed by atoms with Crippen molar-refractivity contribution in [3.05, 3.63) is 85.1 Å². The summed E-state index contributed by atoms with van der Waals surface area (Å²) in [5, 5.41) is 13.9. The van der Waals surface area contributed by atoms with E-state index in [1.807, 2.05) is 21.1 Å². The van der Waals surface area contributed by atoms with Crippen LogP contribution in [-0.2, 0) is 18.4 Å². The van der Waals surface area contributed by atoms with E-state index < -0.39 is 20.0 Å². The van der Waals surface area contributed by atoms with Gasteiger partial charge in [-0.3, -0.25) is 9.36 Å². The highest BCUT2D eigenvalue weighted by molar-refractivity contribution is 7.45. The summed E-state index contributed by atoms with van der Waals surface area (Å²) >= 11 is 0. The van der Waals surface area contributed by atoms with Gasteiger partial charge in [0, 0.05) is 6.42 Å². The van der Waals surface area contributed by atoms with Crippen LogP contribution in [0.1, 0.15) is 187 Å². The summed E-state index contributed by atoms with van der Waals surface area (Å²) in [4.78, 5) is 25.4. The molecule has 0 aromatic rings. The summed E-state index contributed by atoms with van der Waals surface area (Å²) in [7, 11) is 1.25. The lowest BCUT2D eigenvalue weighted by Crippen LogP contribution is -2.46. The highest BCUT2D eigenvalue weighted by Gasteiger charge is 2.24. The molecule has 1 amide bonds. The van der Waals surface area contributed by atoms with E-state index in [0.717, 1.165) is 70.6 Å². The number of rotatable bonds is 43. The number of aliphatic hydroxyl groups excluding tert-OH is 1. The fourth-order valence-electron chi connectivity index (χ4n) is 6.56. The summed E-state index contributed by atoms with van der Waals surface area (Å²) in [5.41, 5.74) is 0. The molecular formula is C52H93N2O6P. The third-order valence-corrected chi connectivity index (χ3v) is 11.4. The number of carbonyl (C=O) groups excluding carboxylic acids is 1. The minimum Gasteiger partial charge on any atom is -0.756 e. The fourth-order valence-corrected chi connectivity index (χ4v) is 7.28. The Hall–Kier alpha value is -2.32. The van der Waals surface area contributed by atoms with Crippen LogP contribution >= 0.6 is 7.82 Å². The van der Waals surface area contributed by atoms with Crippen LogP contribution in [0.5, 0.6) is 0 Å². The number of aliphatic hydroxyl groups is 1. The standard InChI is InChI=1S/C52H93N2O6P/c1-6-8-10-12-14-16-18-20-22-24-25-26-27-28-29-30-32-34-36-38-40-42-44-46-52(56)53-50(49-60-61(57,58)59-48-47-54(3,4)5)51(55)45-43-41-39-37-35-33-31-23-21-19-17-15-13-11-9-7-2/h8,10,14,16,20,22,25-26,28-29,32,34,38,40,50-51,55H,6-7,9,11-13,15,17-19,21,23-24,27,30-31,33,35-37,39,41-49H2,1-5H3,(H-,53,56,57,58)/b10-8-,16-14-,22-20-,26-25-,29-28-,34-32-,40-38-. The normalized spacial score (nSPS) is 14.9. The minimum atomic E-state index is -4.59. The van der Waals surface area contributed by atoms with E-state index in [-0.39, 0.29) is 25.5 Å². The van der Waals surface area contributed by atoms with E-state index in [1.165, 1.54) is 83.5 Å². The highest BCUT2D eigenvalue weighted by Crippen LogP contribution is 2.38. The Balaban J connectivity index is 4.44. The van der Waals surface area contributed by atoms with Gasteiger partial charge >= 0.3 is 0 Å². The summed E-state index contributed by atoms with van der Waals surface area (Å²) in [6.45, 7) is 4.55. The number of quaternary nitrogens is 1. The SMILES string of the molecule is CC/C=C\C/C=C\C/C=C\C/C=C\C/C=C\C/C=C\C/C=C\CCCC(=O)NC(COP(=O)([O-])OCC[N+](C)(C)C)C(O)CCCCCCCCCCCCCCCCCC. The first-order valence-electron chi connectivity index (χ1n) is 24.4. The fraction of sp³-hybridized carbons (Fsp3) is 0.712. The molecule has 3 unspecified atom stereocenters. The number of amides is 1. The lowest BCUT2D eigenvalue weighted by molar-refractivity contribution is -0.870. The Morgan fingerprint density at radius 3 is 1.39 bits per heavy atom. The summed E-state index contributed by atoms with van der Waals surface area (Å²) in [6.07, 6.45) is 58.8. The van der Waals surface area contributed by atoms with Gasteiger partial charge < -0.3 is 28.8 Å². The third-order valence-electron chi connectivity index (χ3n) is 10.4. The van der Waals surface area contributed by atoms with Crippen LogP contribution in [-0.4, -0.2) is 68.5 Å². The molecule has 0 radical (unpaired) electrons. The number of allylic oxidation sites excluding steroid dienone is 14. The van der Waals surface area contributed by atoms with E-state index in [9.17, 15) is 19.4 Å². The molecule has 8 nitrogen and oxygen atoms in total. The van der Waals surface area contributed by atoms with Crippen LogP contribution in [0.3, 0.4) is 0 Å². The van der Waals surface area contributed by atoms with Gasteiger partial charge in [-0.25, -0.2) is 0 Å². The van der Waals surface area contributed by atoms with Gasteiger partial charge in [0.15, 0.2) is 0 Å². The van der Waals surface area contributed by atoms with Gasteiger partial charge in [0.25, 0.3) is 7.82 Å². The number of hydrogen-bond donors (Lipinski definition) is 2. The van der Waals surface area contributed by atoms with Crippen LogP contribution in [0.4, 0.5) is 0 Å². The first kappa shape index (κ1) is 58.7. The van der Waals surface area contributed by atoms with Crippen molar-refractivity contribution in [2.75, 3.05) is 40.9 Å². The van der Waals surface area contributed by atoms with Crippen molar-refractivity contribution >= 4 is 13.7 Å². The Bertz CT molecular complexity index is 1260. The molecule has 3 atom stereocenters. The molecule has 0 bridgehead atoms. The van der Waals surface area contributed by atoms with Crippen molar-refractivity contribution in [2.45, 2.75) is 199 Å². The average molecular weight is 873 g/mol. The maximum atomic E-state index is 12.9. The number of phosphoric ester groups is 1. The highest BCUT2D eigenvalue weighted by atomic mass is 31.2. The molecule has 0 aromatic carbocycles. The van der Waals surface area contributed by atoms with Crippen LogP contribution in [0.25, 0.3) is 0 Å². The number of hydrogen-bond acceptors (Lipinski definition) is 6. The summed E-state index contributed by atoms with van der Waals surface area (Å²) in [5.74, 6) is -0.225. The molecule has 2 N–H and O–H groups in total. The van der Waals surface area contributed by atoms with Crippen molar-refractivity contribution < 1.29 is 32.9 Å². The maximum Gasteiger partial charge on any atom is 0.268 e. The third kappa shape index (κ3) is 45.5. The average Bonchev–Trinajstić information content (AvgIpc) is 3.21. The van der Waals surface area contributed by atoms with E-state index in [0.29, 0.717) is 23.9 Å². The van der Waals surface area contributed by atoms with Gasteiger partial charge in [0.05, 0.1) is 39.9 Å². The second-order valence-electron chi connectivity index (χ2n) is 17.4. The van der Waals surface area contributed by atoms with E-state index >= 15 is 0 Å². The Kier molecular flexibility index (Phi) is 41.3. The number of phosphoric acid groups is 1. The molecule has 352 valence electrons. The molecular weight excluding hydrogens is 780 g/mol. The Morgan fingerprint density at radius 2 is 0.984 bits per heavy atom. The van der Waals surface area contributed by atoms with Crippen LogP contribution in [0, 0.1) is 0 Å². The first-order chi connectivity index (χ1) is 29.5. The minimum absolute atomic E-state index is 0.00331. The lowest BCUT2D eigenvalue weighted by Gasteiger charge is -2.30. The molecule has 0 saturated carbocycles. The van der Waals surface area contributed by atoms with Crippen molar-refractivity contribution in [1.29, 1.82) is 0 Å². The molecule has 0 rings (SSSR count). The molecule has 0 fully saturated rings. The molecule has 61 heavy (non-hydrogen) atoms. The zero-order chi connectivity index (χ0) is 45.0. The first-order valence-corrected chi connectivity index (χ1v) is 25.9. The predicted molar refractivity (Wildman–Crippen MR) is 260 cm³/mol. The zero-order valence-electron chi connectivity index (χ0n) is 39.8. The molecule has 9 heteroatoms. The van der Waals surface area contributed by atoms with Gasteiger partial charge in [-0.1, -0.05) is 202 Å². The molecule has 0 aliphatic heterocycles. The molecule has 0 aromatic heterocycles. The Labute approximate surface area is 376 Å². The summed E-state index contributed by atoms with van der Waals surface area (Å²) in [6, 6.07) is -0.836. The van der Waals surface area contributed by atoms with Crippen LogP contribution < -0.4 is 10.2 Å². The molecule has 0 heterocycles. The van der Waals surface area contributed by atoms with Gasteiger partial charge in [-0.05, 0) is 64.2 Å². The van der Waals surface area contributed by atoms with Gasteiger partial charge in [0.2, 0.25) is 5.91 Å². The molecule has 0 aliphatic rings. The smallest absolute Gasteiger partial charge is 0.268 e. The Morgan fingerprint density at radius 1 is 0.590 bits per heavy atom.